The highest BCUT2D eigenvalue weighted by molar-refractivity contribution is 9.11. The van der Waals surface area contributed by atoms with Crippen LogP contribution in [0.15, 0.2) is 28.1 Å². The van der Waals surface area contributed by atoms with Crippen molar-refractivity contribution in [1.82, 2.24) is 5.32 Å². The summed E-state index contributed by atoms with van der Waals surface area (Å²) in [4.78, 5) is 26.5. The number of thiophene rings is 1. The van der Waals surface area contributed by atoms with Gasteiger partial charge in [-0.05, 0) is 60.0 Å². The van der Waals surface area contributed by atoms with E-state index in [-0.39, 0.29) is 11.4 Å². The minimum atomic E-state index is -0.872. The zero-order valence-electron chi connectivity index (χ0n) is 14.5. The van der Waals surface area contributed by atoms with Gasteiger partial charge in [-0.25, -0.2) is 8.78 Å². The first-order valence-corrected chi connectivity index (χ1v) is 10.1. The van der Waals surface area contributed by atoms with Crippen LogP contribution in [0.1, 0.15) is 29.4 Å². The molecule has 0 bridgehead atoms. The molecule has 1 fully saturated rings. The first kappa shape index (κ1) is 19.8. The summed E-state index contributed by atoms with van der Waals surface area (Å²) in [5, 5.41) is 5.00. The number of carbonyl (C=O) groups is 2. The third-order valence-corrected chi connectivity index (χ3v) is 5.87. The van der Waals surface area contributed by atoms with Gasteiger partial charge < -0.3 is 15.5 Å². The van der Waals surface area contributed by atoms with Gasteiger partial charge in [-0.15, -0.1) is 11.3 Å². The lowest BCUT2D eigenvalue weighted by molar-refractivity contribution is -0.117. The molecular formula is C18H18BrF2N3O2S. The lowest BCUT2D eigenvalue weighted by atomic mass is 10.2. The number of hydrogen-bond donors (Lipinski definition) is 2. The number of rotatable bonds is 5. The number of nitrogens with one attached hydrogen (secondary N) is 2. The van der Waals surface area contributed by atoms with Gasteiger partial charge in [-0.2, -0.15) is 0 Å². The standard InChI is InChI=1S/C18H18BrF2N3O2S/c1-10(22-18(26)14-4-5-15(19)27-14)17(25)23-11-8-12(20)16(13(21)9-11)24-6-2-3-7-24/h4-5,8-10H,2-3,6-7H2,1H3,(H,22,26)(H,23,25). The van der Waals surface area contributed by atoms with Crippen LogP contribution in [0.5, 0.6) is 0 Å². The molecule has 1 saturated heterocycles. The van der Waals surface area contributed by atoms with Crippen LogP contribution in [-0.4, -0.2) is 30.9 Å². The topological polar surface area (TPSA) is 61.4 Å². The van der Waals surface area contributed by atoms with Crippen LogP contribution in [0.2, 0.25) is 0 Å². The van der Waals surface area contributed by atoms with Gasteiger partial charge in [0.05, 0.1) is 8.66 Å². The summed E-state index contributed by atoms with van der Waals surface area (Å²) >= 11 is 4.51. The molecule has 2 amide bonds. The third-order valence-electron chi connectivity index (χ3n) is 4.24. The molecule has 1 aliphatic rings. The van der Waals surface area contributed by atoms with Gasteiger partial charge in [-0.3, -0.25) is 9.59 Å². The molecule has 0 aliphatic carbocycles. The normalized spacial score (nSPS) is 14.9. The predicted molar refractivity (Wildman–Crippen MR) is 105 cm³/mol. The molecule has 0 radical (unpaired) electrons. The molecule has 9 heteroatoms. The fourth-order valence-electron chi connectivity index (χ4n) is 2.90. The van der Waals surface area contributed by atoms with E-state index < -0.39 is 29.5 Å². The molecule has 1 aromatic carbocycles. The van der Waals surface area contributed by atoms with Crippen LogP contribution in [0.25, 0.3) is 0 Å². The lowest BCUT2D eigenvalue weighted by Gasteiger charge is -2.20. The molecule has 3 rings (SSSR count). The van der Waals surface area contributed by atoms with Gasteiger partial charge in [0.1, 0.15) is 11.7 Å². The van der Waals surface area contributed by atoms with Crippen molar-refractivity contribution in [3.8, 4) is 0 Å². The maximum Gasteiger partial charge on any atom is 0.262 e. The van der Waals surface area contributed by atoms with Crippen molar-refractivity contribution in [2.75, 3.05) is 23.3 Å². The second-order valence-corrected chi connectivity index (χ2v) is 8.73. The first-order chi connectivity index (χ1) is 12.8. The van der Waals surface area contributed by atoms with E-state index in [1.54, 1.807) is 17.0 Å². The fourth-order valence-corrected chi connectivity index (χ4v) is 4.19. The minimum absolute atomic E-state index is 0.0120. The van der Waals surface area contributed by atoms with Gasteiger partial charge in [0.25, 0.3) is 5.91 Å². The maximum atomic E-state index is 14.3. The second kappa shape index (κ2) is 8.35. The molecule has 2 heterocycles. The third kappa shape index (κ3) is 4.65. The smallest absolute Gasteiger partial charge is 0.262 e. The largest absolute Gasteiger partial charge is 0.367 e. The van der Waals surface area contributed by atoms with E-state index >= 15 is 0 Å². The van der Waals surface area contributed by atoms with E-state index in [1.165, 1.54) is 18.3 Å². The summed E-state index contributed by atoms with van der Waals surface area (Å²) < 4.78 is 29.5. The number of carbonyl (C=O) groups excluding carboxylic acids is 2. The Morgan fingerprint density at radius 3 is 2.37 bits per heavy atom. The maximum absolute atomic E-state index is 14.3. The molecule has 1 aromatic heterocycles. The van der Waals surface area contributed by atoms with E-state index in [9.17, 15) is 18.4 Å². The molecule has 2 N–H and O–H groups in total. The zero-order chi connectivity index (χ0) is 19.6. The summed E-state index contributed by atoms with van der Waals surface area (Å²) in [6.45, 7) is 2.73. The van der Waals surface area contributed by atoms with E-state index in [0.717, 1.165) is 28.8 Å². The molecule has 5 nitrogen and oxygen atoms in total. The number of amides is 2. The summed E-state index contributed by atoms with van der Waals surface area (Å²) in [6, 6.07) is 4.69. The quantitative estimate of drug-likeness (QED) is 0.708. The number of benzene rings is 1. The molecule has 1 atom stereocenters. The van der Waals surface area contributed by atoms with Crippen LogP contribution in [0.3, 0.4) is 0 Å². The zero-order valence-corrected chi connectivity index (χ0v) is 16.9. The van der Waals surface area contributed by atoms with Crippen LogP contribution in [0.4, 0.5) is 20.2 Å². The highest BCUT2D eigenvalue weighted by Gasteiger charge is 2.23. The van der Waals surface area contributed by atoms with Crippen molar-refractivity contribution in [3.05, 3.63) is 44.6 Å². The highest BCUT2D eigenvalue weighted by atomic mass is 79.9. The Bertz CT molecular complexity index is 845. The minimum Gasteiger partial charge on any atom is -0.367 e. The summed E-state index contributed by atoms with van der Waals surface area (Å²) in [5.41, 5.74) is -0.0481. The molecule has 1 aliphatic heterocycles. The van der Waals surface area contributed by atoms with Gasteiger partial charge in [-0.1, -0.05) is 0 Å². The SMILES string of the molecule is CC(NC(=O)c1ccc(Br)s1)C(=O)Nc1cc(F)c(N2CCCC2)c(F)c1. The van der Waals surface area contributed by atoms with Crippen LogP contribution < -0.4 is 15.5 Å². The van der Waals surface area contributed by atoms with Crippen molar-refractivity contribution in [3.63, 3.8) is 0 Å². The summed E-state index contributed by atoms with van der Waals surface area (Å²) in [7, 11) is 0. The highest BCUT2D eigenvalue weighted by Crippen LogP contribution is 2.29. The molecule has 144 valence electrons. The Morgan fingerprint density at radius 1 is 1.19 bits per heavy atom. The summed E-state index contributed by atoms with van der Waals surface area (Å²) in [5.74, 6) is -2.39. The van der Waals surface area contributed by atoms with Crippen LogP contribution >= 0.6 is 27.3 Å². The number of halogens is 3. The van der Waals surface area contributed by atoms with E-state index in [0.29, 0.717) is 18.0 Å². The van der Waals surface area contributed by atoms with Crippen LogP contribution in [0, 0.1) is 11.6 Å². The second-order valence-electron chi connectivity index (χ2n) is 6.27. The van der Waals surface area contributed by atoms with Gasteiger partial charge in [0.15, 0.2) is 11.6 Å². The van der Waals surface area contributed by atoms with Crippen molar-refractivity contribution >= 4 is 50.5 Å². The van der Waals surface area contributed by atoms with Gasteiger partial charge in [0, 0.05) is 18.8 Å². The Labute approximate surface area is 167 Å². The van der Waals surface area contributed by atoms with Crippen molar-refractivity contribution in [1.29, 1.82) is 0 Å². The van der Waals surface area contributed by atoms with Gasteiger partial charge in [0.2, 0.25) is 5.91 Å². The van der Waals surface area contributed by atoms with Crippen molar-refractivity contribution in [2.45, 2.75) is 25.8 Å². The van der Waals surface area contributed by atoms with Crippen LogP contribution in [-0.2, 0) is 4.79 Å². The monoisotopic (exact) mass is 457 g/mol. The lowest BCUT2D eigenvalue weighted by Crippen LogP contribution is -2.41. The Kier molecular flexibility index (Phi) is 6.11. The molecule has 0 spiro atoms. The van der Waals surface area contributed by atoms with E-state index in [2.05, 4.69) is 26.6 Å². The van der Waals surface area contributed by atoms with E-state index in [1.807, 2.05) is 0 Å². The van der Waals surface area contributed by atoms with Gasteiger partial charge >= 0.3 is 0 Å². The molecule has 1 unspecified atom stereocenters. The van der Waals surface area contributed by atoms with E-state index in [4.69, 9.17) is 0 Å². The van der Waals surface area contributed by atoms with Crippen molar-refractivity contribution < 1.29 is 18.4 Å². The van der Waals surface area contributed by atoms with Crippen molar-refractivity contribution in [2.24, 2.45) is 0 Å². The number of nitrogens with zero attached hydrogens (tertiary/aromatic N) is 1. The molecule has 2 aromatic rings. The average molecular weight is 458 g/mol. The predicted octanol–water partition coefficient (Wildman–Crippen LogP) is 4.15. The Balaban J connectivity index is 1.65. The molecule has 0 saturated carbocycles. The number of anilines is 2. The molecular weight excluding hydrogens is 440 g/mol. The fraction of sp³-hybridized carbons (Fsp3) is 0.333. The summed E-state index contributed by atoms with van der Waals surface area (Å²) in [6.07, 6.45) is 1.80. The number of hydrogen-bond acceptors (Lipinski definition) is 4. The Hall–Kier alpha value is -2.00. The Morgan fingerprint density at radius 2 is 1.81 bits per heavy atom. The first-order valence-electron chi connectivity index (χ1n) is 8.46. The average Bonchev–Trinajstić information content (AvgIpc) is 3.26. The molecule has 27 heavy (non-hydrogen) atoms.